The first-order valence-electron chi connectivity index (χ1n) is 8.01. The number of hydrogen-bond acceptors (Lipinski definition) is 2. The number of hydrogen-bond donors (Lipinski definition) is 1. The molecule has 22 heavy (non-hydrogen) atoms. The molecule has 1 aliphatic heterocycles. The Morgan fingerprint density at radius 3 is 2.14 bits per heavy atom. The quantitative estimate of drug-likeness (QED) is 0.548. The van der Waals surface area contributed by atoms with Crippen LogP contribution >= 0.6 is 0 Å². The molecule has 124 valence electrons. The molecule has 5 fully saturated rings. The van der Waals surface area contributed by atoms with E-state index >= 15 is 0 Å². The third kappa shape index (κ3) is 1.25. The van der Waals surface area contributed by atoms with Crippen molar-refractivity contribution in [2.24, 2.45) is 41.4 Å². The Balaban J connectivity index is 1.57. The van der Waals surface area contributed by atoms with Crippen molar-refractivity contribution in [3.05, 3.63) is 0 Å². The molecule has 0 aromatic carbocycles. The van der Waals surface area contributed by atoms with Crippen molar-refractivity contribution in [1.82, 2.24) is 0 Å². The van der Waals surface area contributed by atoms with Crippen LogP contribution in [0.15, 0.2) is 0 Å². The Labute approximate surface area is 124 Å². The molecule has 0 amide bonds. The molecule has 0 radical (unpaired) electrons. The maximum absolute atomic E-state index is 14.5. The van der Waals surface area contributed by atoms with E-state index in [1.807, 2.05) is 0 Å². The fraction of sp³-hybridized carbons (Fsp3) is 1.00. The van der Waals surface area contributed by atoms with Gasteiger partial charge < -0.3 is 9.84 Å². The van der Waals surface area contributed by atoms with Crippen LogP contribution in [0.25, 0.3) is 0 Å². The van der Waals surface area contributed by atoms with Gasteiger partial charge in [0.05, 0.1) is 12.0 Å². The van der Waals surface area contributed by atoms with Gasteiger partial charge in [-0.05, 0) is 61.2 Å². The molecule has 0 aromatic heterocycles. The van der Waals surface area contributed by atoms with Crippen LogP contribution in [-0.4, -0.2) is 29.1 Å². The van der Waals surface area contributed by atoms with Crippen LogP contribution in [0.2, 0.25) is 0 Å². The summed E-state index contributed by atoms with van der Waals surface area (Å²) >= 11 is 0. The Kier molecular flexibility index (Phi) is 2.30. The molecule has 4 bridgehead atoms. The van der Waals surface area contributed by atoms with Gasteiger partial charge in [-0.2, -0.15) is 22.0 Å². The predicted octanol–water partition coefficient (Wildman–Crippen LogP) is 3.20. The second-order valence-electron chi connectivity index (χ2n) is 7.92. The maximum Gasteiger partial charge on any atom is 0.449 e. The minimum Gasteiger partial charge on any atom is -0.354 e. The molecule has 9 unspecified atom stereocenters. The molecule has 4 aliphatic carbocycles. The third-order valence-electron chi connectivity index (χ3n) is 7.38. The van der Waals surface area contributed by atoms with E-state index < -0.39 is 35.8 Å². The predicted molar refractivity (Wildman–Crippen MR) is 63.7 cm³/mol. The van der Waals surface area contributed by atoms with Gasteiger partial charge >= 0.3 is 17.9 Å². The van der Waals surface area contributed by atoms with Crippen LogP contribution in [-0.2, 0) is 4.74 Å². The van der Waals surface area contributed by atoms with Gasteiger partial charge in [-0.1, -0.05) is 0 Å². The molecule has 1 heterocycles. The lowest BCUT2D eigenvalue weighted by atomic mass is 9.65. The van der Waals surface area contributed by atoms with E-state index in [0.29, 0.717) is 18.3 Å². The lowest BCUT2D eigenvalue weighted by Gasteiger charge is -2.40. The highest BCUT2D eigenvalue weighted by Gasteiger charge is 2.85. The molecule has 7 heteroatoms. The van der Waals surface area contributed by atoms with Crippen molar-refractivity contribution in [3.63, 3.8) is 0 Å². The van der Waals surface area contributed by atoms with Gasteiger partial charge in [-0.25, -0.2) is 0 Å². The number of aliphatic hydroxyl groups is 1. The van der Waals surface area contributed by atoms with E-state index in [1.165, 1.54) is 0 Å². The van der Waals surface area contributed by atoms with E-state index in [-0.39, 0.29) is 17.8 Å². The highest BCUT2D eigenvalue weighted by atomic mass is 19.4. The summed E-state index contributed by atoms with van der Waals surface area (Å²) in [5, 5.41) is 9.64. The SMILES string of the molecule is OC1(C(F)(F)F)OC2C3CC(C4C5CCC(C5)C34)C2C1(F)F. The second-order valence-corrected chi connectivity index (χ2v) is 7.92. The van der Waals surface area contributed by atoms with Crippen LogP contribution < -0.4 is 0 Å². The van der Waals surface area contributed by atoms with Crippen LogP contribution in [0.5, 0.6) is 0 Å². The van der Waals surface area contributed by atoms with Gasteiger partial charge in [0.2, 0.25) is 0 Å². The van der Waals surface area contributed by atoms with Crippen LogP contribution in [0.4, 0.5) is 22.0 Å². The van der Waals surface area contributed by atoms with Crippen LogP contribution in [0.1, 0.15) is 25.7 Å². The summed E-state index contributed by atoms with van der Waals surface area (Å²) in [5.41, 5.74) is 0. The number of halogens is 5. The summed E-state index contributed by atoms with van der Waals surface area (Å²) in [7, 11) is 0. The minimum atomic E-state index is -5.48. The van der Waals surface area contributed by atoms with Crippen molar-refractivity contribution >= 4 is 0 Å². The van der Waals surface area contributed by atoms with E-state index in [0.717, 1.165) is 19.3 Å². The molecule has 0 aromatic rings. The topological polar surface area (TPSA) is 29.5 Å². The highest BCUT2D eigenvalue weighted by molar-refractivity contribution is 5.21. The Hall–Kier alpha value is -0.430. The van der Waals surface area contributed by atoms with Crippen LogP contribution in [0.3, 0.4) is 0 Å². The van der Waals surface area contributed by atoms with Gasteiger partial charge in [0.15, 0.2) is 0 Å². The molecule has 5 rings (SSSR count). The molecule has 2 nitrogen and oxygen atoms in total. The lowest BCUT2D eigenvalue weighted by molar-refractivity contribution is -0.411. The van der Waals surface area contributed by atoms with Gasteiger partial charge in [0, 0.05) is 0 Å². The van der Waals surface area contributed by atoms with Gasteiger partial charge in [-0.3, -0.25) is 0 Å². The fourth-order valence-electron chi connectivity index (χ4n) is 6.92. The zero-order valence-electron chi connectivity index (χ0n) is 11.7. The lowest BCUT2D eigenvalue weighted by Crippen LogP contribution is -2.59. The average Bonchev–Trinajstić information content (AvgIpc) is 3.14. The fourth-order valence-corrected chi connectivity index (χ4v) is 6.92. The first-order chi connectivity index (χ1) is 10.2. The van der Waals surface area contributed by atoms with Gasteiger partial charge in [-0.15, -0.1) is 0 Å². The summed E-state index contributed by atoms with van der Waals surface area (Å²) in [5.74, 6) is -9.52. The van der Waals surface area contributed by atoms with E-state index in [4.69, 9.17) is 0 Å². The molecule has 9 atom stereocenters. The molecular formula is C15H17F5O2. The molecule has 0 spiro atoms. The summed E-state index contributed by atoms with van der Waals surface area (Å²) in [6.07, 6.45) is -2.96. The standard InChI is InChI=1S/C15H17F5O2/c16-13(17)11-7-4-8(10-6-2-1-5(3-6)9(7)10)12(11)22-14(13,21)15(18,19)20/h5-12,21H,1-4H2. The zero-order valence-corrected chi connectivity index (χ0v) is 11.7. The Morgan fingerprint density at radius 2 is 1.55 bits per heavy atom. The zero-order chi connectivity index (χ0) is 15.7. The van der Waals surface area contributed by atoms with Crippen molar-refractivity contribution < 1.29 is 31.8 Å². The molecule has 1 saturated heterocycles. The normalized spacial score (nSPS) is 60.8. The Morgan fingerprint density at radius 1 is 0.955 bits per heavy atom. The van der Waals surface area contributed by atoms with Gasteiger partial charge in [0.1, 0.15) is 0 Å². The summed E-state index contributed by atoms with van der Waals surface area (Å²) in [6.45, 7) is 0. The molecule has 1 N–H and O–H groups in total. The van der Waals surface area contributed by atoms with Gasteiger partial charge in [0.25, 0.3) is 0 Å². The van der Waals surface area contributed by atoms with Crippen molar-refractivity contribution in [2.45, 2.75) is 49.7 Å². The maximum atomic E-state index is 14.5. The van der Waals surface area contributed by atoms with Crippen molar-refractivity contribution in [2.75, 3.05) is 0 Å². The van der Waals surface area contributed by atoms with Crippen molar-refractivity contribution in [3.8, 4) is 0 Å². The summed E-state index contributed by atoms with van der Waals surface area (Å²) in [4.78, 5) is 0. The second kappa shape index (κ2) is 3.63. The molecule has 5 aliphatic rings. The summed E-state index contributed by atoms with van der Waals surface area (Å²) in [6, 6.07) is 0. The third-order valence-corrected chi connectivity index (χ3v) is 7.38. The van der Waals surface area contributed by atoms with Crippen LogP contribution in [0, 0.1) is 41.4 Å². The largest absolute Gasteiger partial charge is 0.449 e. The minimum absolute atomic E-state index is 0.120. The first-order valence-corrected chi connectivity index (χ1v) is 8.01. The van der Waals surface area contributed by atoms with E-state index in [2.05, 4.69) is 4.74 Å². The number of alkyl halides is 5. The monoisotopic (exact) mass is 324 g/mol. The average molecular weight is 324 g/mol. The summed E-state index contributed by atoms with van der Waals surface area (Å²) < 4.78 is 72.8. The van der Waals surface area contributed by atoms with Crippen molar-refractivity contribution in [1.29, 1.82) is 0 Å². The Bertz CT molecular complexity index is 535. The first kappa shape index (κ1) is 14.0. The van der Waals surface area contributed by atoms with E-state index in [9.17, 15) is 27.1 Å². The number of ether oxygens (including phenoxy) is 1. The van der Waals surface area contributed by atoms with E-state index in [1.54, 1.807) is 0 Å². The molecular weight excluding hydrogens is 307 g/mol. The number of rotatable bonds is 0. The molecule has 4 saturated carbocycles. The highest BCUT2D eigenvalue weighted by Crippen LogP contribution is 2.74. The number of fused-ring (bicyclic) bond motifs is 12. The smallest absolute Gasteiger partial charge is 0.354 e.